The maximum Gasteiger partial charge on any atom is 0.339 e. The maximum atomic E-state index is 15.0. The first-order valence-corrected chi connectivity index (χ1v) is 21.4. The van der Waals surface area contributed by atoms with E-state index in [9.17, 15) is 24.9 Å². The molecule has 56 heavy (non-hydrogen) atoms. The van der Waals surface area contributed by atoms with Crippen LogP contribution >= 0.6 is 0 Å². The Labute approximate surface area is 328 Å². The van der Waals surface area contributed by atoms with Gasteiger partial charge >= 0.3 is 11.9 Å². The fraction of sp³-hybridized carbons (Fsp3) is 0.837. The molecule has 3 spiro atoms. The molecule has 4 saturated carbocycles. The van der Waals surface area contributed by atoms with E-state index in [-0.39, 0.29) is 48.1 Å². The second-order valence-electron chi connectivity index (χ2n) is 20.4. The molecule has 0 amide bonds. The third-order valence-corrected chi connectivity index (χ3v) is 17.5. The van der Waals surface area contributed by atoms with Gasteiger partial charge in [-0.15, -0.1) is 0 Å². The van der Waals surface area contributed by atoms with Gasteiger partial charge in [0, 0.05) is 47.5 Å². The van der Waals surface area contributed by atoms with Crippen molar-refractivity contribution in [1.29, 1.82) is 0 Å². The van der Waals surface area contributed by atoms with Gasteiger partial charge in [0.05, 0.1) is 42.5 Å². The van der Waals surface area contributed by atoms with Crippen LogP contribution in [0.1, 0.15) is 109 Å². The third kappa shape index (κ3) is 4.65. The van der Waals surface area contributed by atoms with Crippen LogP contribution in [0.4, 0.5) is 0 Å². The quantitative estimate of drug-likeness (QED) is 0.133. The first-order valence-electron chi connectivity index (χ1n) is 21.4. The summed E-state index contributed by atoms with van der Waals surface area (Å²) < 4.78 is 32.7. The molecule has 1 aromatic heterocycles. The number of nitrogens with one attached hydrogen (secondary N) is 2. The molecule has 2 bridgehead atoms. The van der Waals surface area contributed by atoms with Crippen LogP contribution in [0.5, 0.6) is 0 Å². The van der Waals surface area contributed by atoms with Crippen LogP contribution in [-0.4, -0.2) is 101 Å². The van der Waals surface area contributed by atoms with Crippen LogP contribution in [0.25, 0.3) is 0 Å². The number of hydrogen-bond acceptors (Lipinski definition) is 13. The van der Waals surface area contributed by atoms with E-state index in [2.05, 4.69) is 17.6 Å². The SMILES string of the molecule is CC1(C)O[C@H]2[C@H]3C(=O)OC[C@@]24[C@@H]1C(=O)[C@@H](O)[C@]1(C)[C@@H]4[C@H](CC32CCCC2)C[C@@]2(C)[C@H](c3ccoc3C[C@H](CCCC[C@H]3CNCN3)[C@H](O)CO)OC(=O)[C@H]3O[C@@]312. The highest BCUT2D eigenvalue weighted by Gasteiger charge is 2.93. The molecule has 5 saturated heterocycles. The fourth-order valence-corrected chi connectivity index (χ4v) is 15.6. The van der Waals surface area contributed by atoms with Gasteiger partial charge in [0.1, 0.15) is 30.2 Å². The standard InChI is InChI=1S/C43H60N2O11/c1-38(2)31-29(48)32(49)40(4)30-23(17-41(12-7-8-13-41)28-34(55-38)42(30,31)20-53-36(28)50)16-39(3)33(54-37(51)35-43(39,40)56-35)25-11-14-52-27(25)15-22(26(47)19-46)9-5-6-10-24-18-44-21-45-24/h11,14,22-24,26,28,30-35,44-47,49H,5-10,12-13,15-21H2,1-4H3/t22-,23-,24-,26+,28-,30-,31+,32+,33-,34-,35+,39-,40-,42+,43+/m0/s1. The molecule has 10 rings (SSSR count). The number of unbranched alkanes of at least 4 members (excludes halogenated alkanes) is 1. The van der Waals surface area contributed by atoms with Gasteiger partial charge in [-0.2, -0.15) is 0 Å². The van der Waals surface area contributed by atoms with E-state index in [0.29, 0.717) is 36.6 Å². The van der Waals surface area contributed by atoms with E-state index in [1.165, 1.54) is 0 Å². The number of Topliss-reactive ketones (excluding diaryl/α,β-unsaturated/α-hetero) is 1. The molecular formula is C43H60N2O11. The predicted octanol–water partition coefficient (Wildman–Crippen LogP) is 3.12. The Bertz CT molecular complexity index is 1790. The number of epoxide rings is 1. The molecule has 9 fully saturated rings. The molecule has 0 radical (unpaired) electrons. The maximum absolute atomic E-state index is 15.0. The van der Waals surface area contributed by atoms with Crippen LogP contribution < -0.4 is 10.6 Å². The molecule has 0 unspecified atom stereocenters. The van der Waals surface area contributed by atoms with Crippen LogP contribution in [-0.2, 0) is 39.8 Å². The molecule has 1 aromatic rings. The van der Waals surface area contributed by atoms with Gasteiger partial charge in [-0.1, -0.05) is 39.5 Å². The van der Waals surface area contributed by atoms with Crippen molar-refractivity contribution in [3.05, 3.63) is 23.7 Å². The van der Waals surface area contributed by atoms with Crippen molar-refractivity contribution in [1.82, 2.24) is 10.6 Å². The molecule has 13 heteroatoms. The van der Waals surface area contributed by atoms with Gasteiger partial charge in [0.15, 0.2) is 11.9 Å². The number of aliphatic hydroxyl groups excluding tert-OH is 3. The average molecular weight is 781 g/mol. The zero-order valence-corrected chi connectivity index (χ0v) is 33.2. The largest absolute Gasteiger partial charge is 0.469 e. The Kier molecular flexibility index (Phi) is 8.49. The van der Waals surface area contributed by atoms with Gasteiger partial charge in [0.25, 0.3) is 0 Å². The predicted molar refractivity (Wildman–Crippen MR) is 197 cm³/mol. The average Bonchev–Trinajstić information content (AvgIpc) is 3.56. The highest BCUT2D eigenvalue weighted by Crippen LogP contribution is 2.83. The molecule has 4 aliphatic carbocycles. The Hall–Kier alpha value is -2.39. The Balaban J connectivity index is 1.06. The normalized spacial score (nSPS) is 47.3. The zero-order valence-electron chi connectivity index (χ0n) is 33.2. The molecule has 9 aliphatic rings. The number of ether oxygens (including phenoxy) is 4. The second kappa shape index (κ2) is 12.6. The lowest BCUT2D eigenvalue weighted by atomic mass is 9.34. The van der Waals surface area contributed by atoms with Crippen molar-refractivity contribution >= 4 is 17.7 Å². The van der Waals surface area contributed by atoms with E-state index in [1.54, 1.807) is 6.26 Å². The molecular weight excluding hydrogens is 720 g/mol. The highest BCUT2D eigenvalue weighted by molar-refractivity contribution is 5.92. The molecule has 6 heterocycles. The van der Waals surface area contributed by atoms with Crippen LogP contribution in [0.15, 0.2) is 16.7 Å². The van der Waals surface area contributed by atoms with Crippen LogP contribution in [0.3, 0.4) is 0 Å². The zero-order chi connectivity index (χ0) is 39.2. The van der Waals surface area contributed by atoms with E-state index < -0.39 is 75.8 Å². The number of furan rings is 1. The van der Waals surface area contributed by atoms with Crippen molar-refractivity contribution in [3.8, 4) is 0 Å². The molecule has 5 N–H and O–H groups in total. The summed E-state index contributed by atoms with van der Waals surface area (Å²) in [6.45, 7) is 9.32. The minimum Gasteiger partial charge on any atom is -0.469 e. The summed E-state index contributed by atoms with van der Waals surface area (Å²) >= 11 is 0. The van der Waals surface area contributed by atoms with E-state index >= 15 is 4.79 Å². The van der Waals surface area contributed by atoms with Crippen molar-refractivity contribution in [2.45, 2.75) is 146 Å². The number of ketones is 1. The van der Waals surface area contributed by atoms with Crippen molar-refractivity contribution in [2.75, 3.05) is 26.4 Å². The van der Waals surface area contributed by atoms with Crippen molar-refractivity contribution in [2.24, 2.45) is 51.2 Å². The van der Waals surface area contributed by atoms with Gasteiger partial charge in [-0.05, 0) is 81.6 Å². The van der Waals surface area contributed by atoms with Crippen LogP contribution in [0, 0.1) is 51.2 Å². The number of esters is 2. The van der Waals surface area contributed by atoms with Gasteiger partial charge < -0.3 is 49.3 Å². The van der Waals surface area contributed by atoms with Crippen molar-refractivity contribution < 1.29 is 53.1 Å². The third-order valence-electron chi connectivity index (χ3n) is 17.5. The number of rotatable bonds is 10. The van der Waals surface area contributed by atoms with E-state index in [1.807, 2.05) is 26.8 Å². The van der Waals surface area contributed by atoms with Gasteiger partial charge in [-0.3, -0.25) is 9.59 Å². The number of fused-ring (bicyclic) bond motifs is 1. The highest BCUT2D eigenvalue weighted by atomic mass is 16.7. The lowest BCUT2D eigenvalue weighted by Gasteiger charge is -2.68. The summed E-state index contributed by atoms with van der Waals surface area (Å²) in [5.41, 5.74) is -4.96. The lowest BCUT2D eigenvalue weighted by Crippen LogP contribution is -2.77. The number of cyclic esters (lactones) is 2. The molecule has 13 nitrogen and oxygen atoms in total. The van der Waals surface area contributed by atoms with E-state index in [4.69, 9.17) is 23.4 Å². The summed E-state index contributed by atoms with van der Waals surface area (Å²) in [4.78, 5) is 43.3. The van der Waals surface area contributed by atoms with Crippen molar-refractivity contribution in [3.63, 3.8) is 0 Å². The second-order valence-corrected chi connectivity index (χ2v) is 20.4. The first kappa shape index (κ1) is 37.9. The molecule has 308 valence electrons. The number of carbonyl (C=O) groups excluding carboxylic acids is 3. The monoisotopic (exact) mass is 780 g/mol. The summed E-state index contributed by atoms with van der Waals surface area (Å²) in [5.74, 6) is -2.47. The number of hydrogen-bond donors (Lipinski definition) is 5. The molecule has 0 aromatic carbocycles. The van der Waals surface area contributed by atoms with E-state index in [0.717, 1.165) is 64.6 Å². The summed E-state index contributed by atoms with van der Waals surface area (Å²) in [6.07, 6.45) is 5.69. The van der Waals surface area contributed by atoms with Gasteiger partial charge in [-0.25, -0.2) is 4.79 Å². The molecule has 15 atom stereocenters. The summed E-state index contributed by atoms with van der Waals surface area (Å²) in [7, 11) is 0. The summed E-state index contributed by atoms with van der Waals surface area (Å²) in [6, 6.07) is 2.27. The van der Waals surface area contributed by atoms with Crippen LogP contribution in [0.2, 0.25) is 0 Å². The minimum atomic E-state index is -1.46. The topological polar surface area (TPSA) is 189 Å². The number of aliphatic hydroxyl groups is 3. The Morgan fingerprint density at radius 2 is 1.79 bits per heavy atom. The Morgan fingerprint density at radius 3 is 2.52 bits per heavy atom. The number of carbonyl (C=O) groups is 3. The Morgan fingerprint density at radius 1 is 1.00 bits per heavy atom. The smallest absolute Gasteiger partial charge is 0.339 e. The van der Waals surface area contributed by atoms with Gasteiger partial charge in [0.2, 0.25) is 0 Å². The lowest BCUT2D eigenvalue weighted by molar-refractivity contribution is -0.266. The fourth-order valence-electron chi connectivity index (χ4n) is 15.6. The minimum absolute atomic E-state index is 0.0340. The summed E-state index contributed by atoms with van der Waals surface area (Å²) in [5, 5.41) is 40.6. The first-order chi connectivity index (χ1) is 26.7. The molecule has 5 aliphatic heterocycles.